The summed E-state index contributed by atoms with van der Waals surface area (Å²) in [6.07, 6.45) is 3.07. The average Bonchev–Trinajstić information content (AvgIpc) is 2.75. The highest BCUT2D eigenvalue weighted by Crippen LogP contribution is 2.18. The van der Waals surface area contributed by atoms with Crippen molar-refractivity contribution in [2.45, 2.75) is 19.8 Å². The first-order valence-corrected chi connectivity index (χ1v) is 5.52. The first kappa shape index (κ1) is 10.7. The van der Waals surface area contributed by atoms with Gasteiger partial charge in [0.25, 0.3) is 0 Å². The summed E-state index contributed by atoms with van der Waals surface area (Å²) >= 11 is 0. The van der Waals surface area contributed by atoms with E-state index in [2.05, 4.69) is 11.1 Å². The Balaban J connectivity index is 2.09. The predicted molar refractivity (Wildman–Crippen MR) is 63.3 cm³/mol. The second-order valence-electron chi connectivity index (χ2n) is 3.66. The normalized spacial score (nSPS) is 10.6. The molecule has 1 aromatic carbocycles. The molecule has 0 radical (unpaired) electrons. The van der Waals surface area contributed by atoms with Crippen molar-refractivity contribution in [3.05, 3.63) is 36.0 Å². The van der Waals surface area contributed by atoms with Crippen LogP contribution in [-0.2, 0) is 16.0 Å². The van der Waals surface area contributed by atoms with E-state index in [0.717, 1.165) is 17.5 Å². The number of H-pyrrole nitrogens is 1. The van der Waals surface area contributed by atoms with Gasteiger partial charge in [0.1, 0.15) is 0 Å². The molecule has 0 amide bonds. The van der Waals surface area contributed by atoms with Crippen LogP contribution >= 0.6 is 0 Å². The van der Waals surface area contributed by atoms with Crippen LogP contribution in [0.2, 0.25) is 0 Å². The maximum atomic E-state index is 11.3. The monoisotopic (exact) mass is 217 g/mol. The molecule has 84 valence electrons. The number of aryl methyl sites for hydroxylation is 1. The molecule has 2 rings (SSSR count). The number of esters is 1. The van der Waals surface area contributed by atoms with Crippen LogP contribution in [0.1, 0.15) is 18.9 Å². The first-order chi connectivity index (χ1) is 7.81. The minimum absolute atomic E-state index is 0.133. The number of aromatic amines is 1. The lowest BCUT2D eigenvalue weighted by Gasteiger charge is -2.03. The molecule has 3 nitrogen and oxygen atoms in total. The number of hydrogen-bond donors (Lipinski definition) is 1. The van der Waals surface area contributed by atoms with Crippen LogP contribution in [0, 0.1) is 0 Å². The number of nitrogens with one attached hydrogen (secondary N) is 1. The van der Waals surface area contributed by atoms with E-state index < -0.39 is 0 Å². The maximum Gasteiger partial charge on any atom is 0.306 e. The van der Waals surface area contributed by atoms with Crippen molar-refractivity contribution < 1.29 is 9.53 Å². The zero-order chi connectivity index (χ0) is 11.4. The lowest BCUT2D eigenvalue weighted by atomic mass is 10.1. The Kier molecular flexibility index (Phi) is 3.25. The van der Waals surface area contributed by atoms with Gasteiger partial charge in [-0.3, -0.25) is 4.79 Å². The van der Waals surface area contributed by atoms with Crippen LogP contribution in [0.25, 0.3) is 10.9 Å². The average molecular weight is 217 g/mol. The fraction of sp³-hybridized carbons (Fsp3) is 0.308. The molecular weight excluding hydrogens is 202 g/mol. The van der Waals surface area contributed by atoms with Crippen molar-refractivity contribution in [2.24, 2.45) is 0 Å². The minimum atomic E-state index is -0.133. The van der Waals surface area contributed by atoms with Gasteiger partial charge in [-0.15, -0.1) is 0 Å². The summed E-state index contributed by atoms with van der Waals surface area (Å²) in [6.45, 7) is 2.27. The molecule has 0 aliphatic rings. The van der Waals surface area contributed by atoms with Crippen molar-refractivity contribution in [3.63, 3.8) is 0 Å². The van der Waals surface area contributed by atoms with E-state index in [9.17, 15) is 4.79 Å². The molecule has 0 unspecified atom stereocenters. The summed E-state index contributed by atoms with van der Waals surface area (Å²) in [4.78, 5) is 14.5. The lowest BCUT2D eigenvalue weighted by molar-refractivity contribution is -0.143. The summed E-state index contributed by atoms with van der Waals surface area (Å²) in [6, 6.07) is 8.14. The van der Waals surface area contributed by atoms with Crippen LogP contribution in [0.15, 0.2) is 30.5 Å². The smallest absolute Gasteiger partial charge is 0.306 e. The molecule has 0 saturated carbocycles. The Morgan fingerprint density at radius 1 is 1.38 bits per heavy atom. The van der Waals surface area contributed by atoms with Gasteiger partial charge in [0, 0.05) is 18.1 Å². The second-order valence-corrected chi connectivity index (χ2v) is 3.66. The van der Waals surface area contributed by atoms with Crippen molar-refractivity contribution in [1.29, 1.82) is 0 Å². The van der Waals surface area contributed by atoms with Gasteiger partial charge < -0.3 is 9.72 Å². The predicted octanol–water partition coefficient (Wildman–Crippen LogP) is 2.66. The topological polar surface area (TPSA) is 42.1 Å². The number of aromatic nitrogens is 1. The Bertz CT molecular complexity index is 487. The van der Waals surface area contributed by atoms with Gasteiger partial charge in [-0.2, -0.15) is 0 Å². The minimum Gasteiger partial charge on any atom is -0.466 e. The number of carbonyl (C=O) groups is 1. The van der Waals surface area contributed by atoms with E-state index in [1.807, 2.05) is 31.3 Å². The van der Waals surface area contributed by atoms with Gasteiger partial charge in [0.05, 0.1) is 6.61 Å². The summed E-state index contributed by atoms with van der Waals surface area (Å²) in [7, 11) is 0. The van der Waals surface area contributed by atoms with Crippen LogP contribution in [0.4, 0.5) is 0 Å². The molecule has 0 bridgehead atoms. The Labute approximate surface area is 94.4 Å². The third-order valence-electron chi connectivity index (χ3n) is 2.58. The van der Waals surface area contributed by atoms with Crippen LogP contribution in [-0.4, -0.2) is 17.6 Å². The van der Waals surface area contributed by atoms with Crippen molar-refractivity contribution >= 4 is 16.9 Å². The molecule has 2 aromatic rings. The first-order valence-electron chi connectivity index (χ1n) is 5.52. The van der Waals surface area contributed by atoms with Gasteiger partial charge in [-0.1, -0.05) is 18.2 Å². The second kappa shape index (κ2) is 4.84. The zero-order valence-corrected chi connectivity index (χ0v) is 9.32. The lowest BCUT2D eigenvalue weighted by Crippen LogP contribution is -2.05. The van der Waals surface area contributed by atoms with E-state index in [1.54, 1.807) is 0 Å². The highest BCUT2D eigenvalue weighted by atomic mass is 16.5. The van der Waals surface area contributed by atoms with Gasteiger partial charge in [-0.25, -0.2) is 0 Å². The number of ether oxygens (including phenoxy) is 1. The molecule has 1 aromatic heterocycles. The Morgan fingerprint density at radius 2 is 2.25 bits per heavy atom. The zero-order valence-electron chi connectivity index (χ0n) is 9.32. The number of benzene rings is 1. The molecule has 0 aliphatic heterocycles. The molecule has 0 saturated heterocycles. The molecule has 1 N–H and O–H groups in total. The molecule has 3 heteroatoms. The highest BCUT2D eigenvalue weighted by Gasteiger charge is 2.05. The van der Waals surface area contributed by atoms with Crippen LogP contribution < -0.4 is 0 Å². The van der Waals surface area contributed by atoms with Gasteiger partial charge in [0.15, 0.2) is 0 Å². The summed E-state index contributed by atoms with van der Waals surface area (Å²) in [5.74, 6) is -0.133. The number of rotatable bonds is 4. The van der Waals surface area contributed by atoms with Crippen LogP contribution in [0.5, 0.6) is 0 Å². The molecule has 16 heavy (non-hydrogen) atoms. The van der Waals surface area contributed by atoms with Crippen molar-refractivity contribution in [1.82, 2.24) is 4.98 Å². The third kappa shape index (κ3) is 2.24. The molecular formula is C13H15NO2. The van der Waals surface area contributed by atoms with Gasteiger partial charge >= 0.3 is 5.97 Å². The van der Waals surface area contributed by atoms with Gasteiger partial charge in [0.2, 0.25) is 0 Å². The van der Waals surface area contributed by atoms with E-state index in [0.29, 0.717) is 13.0 Å². The van der Waals surface area contributed by atoms with Gasteiger partial charge in [-0.05, 0) is 30.4 Å². The summed E-state index contributed by atoms with van der Waals surface area (Å²) in [5, 5.41) is 1.18. The fourth-order valence-corrected chi connectivity index (χ4v) is 1.83. The molecule has 0 spiro atoms. The SMILES string of the molecule is CCOC(=O)CCc1cccc2cc[nH]c12. The highest BCUT2D eigenvalue weighted by molar-refractivity contribution is 5.83. The number of fused-ring (bicyclic) bond motifs is 1. The number of hydrogen-bond acceptors (Lipinski definition) is 2. The maximum absolute atomic E-state index is 11.3. The molecule has 0 aliphatic carbocycles. The Morgan fingerprint density at radius 3 is 3.06 bits per heavy atom. The standard InChI is InChI=1S/C13H15NO2/c1-2-16-12(15)7-6-10-4-3-5-11-8-9-14-13(10)11/h3-5,8-9,14H,2,6-7H2,1H3. The van der Waals surface area contributed by atoms with Crippen molar-refractivity contribution in [3.8, 4) is 0 Å². The number of para-hydroxylation sites is 1. The van der Waals surface area contributed by atoms with Crippen molar-refractivity contribution in [2.75, 3.05) is 6.61 Å². The molecule has 0 fully saturated rings. The van der Waals surface area contributed by atoms with E-state index in [1.165, 1.54) is 5.39 Å². The number of carbonyl (C=O) groups excluding carboxylic acids is 1. The summed E-state index contributed by atoms with van der Waals surface area (Å²) in [5.41, 5.74) is 2.28. The molecule has 1 heterocycles. The Hall–Kier alpha value is -1.77. The fourth-order valence-electron chi connectivity index (χ4n) is 1.83. The van der Waals surface area contributed by atoms with Crippen LogP contribution in [0.3, 0.4) is 0 Å². The quantitative estimate of drug-likeness (QED) is 0.800. The summed E-state index contributed by atoms with van der Waals surface area (Å²) < 4.78 is 4.91. The van der Waals surface area contributed by atoms with E-state index in [4.69, 9.17) is 4.74 Å². The van der Waals surface area contributed by atoms with E-state index >= 15 is 0 Å². The van der Waals surface area contributed by atoms with E-state index in [-0.39, 0.29) is 5.97 Å². The largest absolute Gasteiger partial charge is 0.466 e. The molecule has 0 atom stereocenters. The third-order valence-corrected chi connectivity index (χ3v) is 2.58.